The van der Waals surface area contributed by atoms with Gasteiger partial charge in [-0.05, 0) is 53.6 Å². The molecule has 0 radical (unpaired) electrons. The number of aromatic nitrogens is 5. The van der Waals surface area contributed by atoms with Crippen LogP contribution in [-0.4, -0.2) is 49.7 Å². The number of likely N-dealkylation sites (tertiary alicyclic amines) is 1. The van der Waals surface area contributed by atoms with Crippen molar-refractivity contribution in [1.82, 2.24) is 30.1 Å². The summed E-state index contributed by atoms with van der Waals surface area (Å²) in [5.41, 5.74) is 0.995. The molecule has 0 amide bonds. The van der Waals surface area contributed by atoms with Gasteiger partial charge in [0.25, 0.3) is 0 Å². The van der Waals surface area contributed by atoms with Crippen LogP contribution in [-0.2, 0) is 6.54 Å². The number of hydrogen-bond donors (Lipinski definition) is 1. The Kier molecular flexibility index (Phi) is 4.65. The van der Waals surface area contributed by atoms with E-state index in [2.05, 4.69) is 30.7 Å². The van der Waals surface area contributed by atoms with Gasteiger partial charge in [0.15, 0.2) is 5.82 Å². The van der Waals surface area contributed by atoms with Crippen molar-refractivity contribution in [2.75, 3.05) is 25.0 Å². The summed E-state index contributed by atoms with van der Waals surface area (Å²) in [5.74, 6) is 2.43. The number of benzene rings is 1. The minimum atomic E-state index is 0.614. The minimum Gasteiger partial charge on any atom is -0.370 e. The smallest absolute Gasteiger partial charge is 0.170 e. The monoisotopic (exact) mass is 335 g/mol. The Labute approximate surface area is 146 Å². The number of para-hydroxylation sites is 1. The molecule has 0 aliphatic carbocycles. The quantitative estimate of drug-likeness (QED) is 0.743. The molecule has 3 aromatic rings. The molecular weight excluding hydrogens is 314 g/mol. The van der Waals surface area contributed by atoms with Crippen molar-refractivity contribution in [1.29, 1.82) is 0 Å². The zero-order chi connectivity index (χ0) is 16.9. The van der Waals surface area contributed by atoms with Crippen LogP contribution in [0.3, 0.4) is 0 Å². The van der Waals surface area contributed by atoms with E-state index in [1.807, 2.05) is 59.4 Å². The highest BCUT2D eigenvalue weighted by Crippen LogP contribution is 2.19. The van der Waals surface area contributed by atoms with E-state index in [1.165, 1.54) is 6.42 Å². The third-order valence-corrected chi connectivity index (χ3v) is 4.51. The summed E-state index contributed by atoms with van der Waals surface area (Å²) in [6.07, 6.45) is 2.99. The third kappa shape index (κ3) is 3.83. The van der Waals surface area contributed by atoms with Crippen molar-refractivity contribution in [3.8, 4) is 5.69 Å². The Morgan fingerprint density at radius 2 is 1.96 bits per heavy atom. The van der Waals surface area contributed by atoms with Gasteiger partial charge in [-0.25, -0.2) is 4.98 Å². The van der Waals surface area contributed by atoms with Crippen molar-refractivity contribution in [2.45, 2.75) is 13.0 Å². The number of hydrogen-bond acceptors (Lipinski definition) is 6. The highest BCUT2D eigenvalue weighted by molar-refractivity contribution is 5.33. The normalized spacial score (nSPS) is 17.7. The number of anilines is 1. The lowest BCUT2D eigenvalue weighted by Crippen LogP contribution is -2.24. The molecule has 1 saturated heterocycles. The largest absolute Gasteiger partial charge is 0.370 e. The van der Waals surface area contributed by atoms with E-state index in [9.17, 15) is 0 Å². The molecule has 1 aliphatic rings. The summed E-state index contributed by atoms with van der Waals surface area (Å²) in [4.78, 5) is 6.72. The first-order chi connectivity index (χ1) is 12.4. The van der Waals surface area contributed by atoms with Gasteiger partial charge in [0, 0.05) is 19.3 Å². The van der Waals surface area contributed by atoms with Crippen LogP contribution >= 0.6 is 0 Å². The van der Waals surface area contributed by atoms with Crippen LogP contribution in [0.15, 0.2) is 54.7 Å². The maximum absolute atomic E-state index is 4.31. The van der Waals surface area contributed by atoms with E-state index in [4.69, 9.17) is 0 Å². The lowest BCUT2D eigenvalue weighted by atomic mass is 10.1. The van der Waals surface area contributed by atoms with Gasteiger partial charge in [0.05, 0.1) is 12.2 Å². The predicted octanol–water partition coefficient (Wildman–Crippen LogP) is 1.99. The molecule has 3 heterocycles. The van der Waals surface area contributed by atoms with Crippen LogP contribution in [0.25, 0.3) is 5.69 Å². The Hall–Kier alpha value is -2.80. The van der Waals surface area contributed by atoms with Gasteiger partial charge < -0.3 is 5.32 Å². The average molecular weight is 335 g/mol. The minimum absolute atomic E-state index is 0.614. The molecule has 0 spiro atoms. The van der Waals surface area contributed by atoms with Crippen molar-refractivity contribution >= 4 is 5.82 Å². The standard InChI is InChI=1S/C18H21N7/c1-2-6-16(7-3-1)25-18(21-22-23-25)14-24-11-9-15(13-24)12-20-17-8-4-5-10-19-17/h1-8,10,15H,9,11-14H2,(H,19,20)/t15-/m0/s1. The van der Waals surface area contributed by atoms with Crippen LogP contribution in [0, 0.1) is 5.92 Å². The fraction of sp³-hybridized carbons (Fsp3) is 0.333. The molecule has 0 bridgehead atoms. The topological polar surface area (TPSA) is 71.8 Å². The van der Waals surface area contributed by atoms with Crippen LogP contribution < -0.4 is 5.32 Å². The SMILES string of the molecule is c1ccc(-n2nnnc2CN2CC[C@@H](CNc3ccccn3)C2)cc1. The fourth-order valence-electron chi connectivity index (χ4n) is 3.21. The van der Waals surface area contributed by atoms with Crippen molar-refractivity contribution in [3.05, 3.63) is 60.6 Å². The molecule has 4 rings (SSSR count). The molecule has 1 atom stereocenters. The first kappa shape index (κ1) is 15.7. The van der Waals surface area contributed by atoms with Gasteiger partial charge in [-0.2, -0.15) is 4.68 Å². The van der Waals surface area contributed by atoms with Gasteiger partial charge >= 0.3 is 0 Å². The molecule has 1 aliphatic heterocycles. The van der Waals surface area contributed by atoms with E-state index < -0.39 is 0 Å². The van der Waals surface area contributed by atoms with E-state index in [0.717, 1.165) is 43.5 Å². The van der Waals surface area contributed by atoms with E-state index in [-0.39, 0.29) is 0 Å². The van der Waals surface area contributed by atoms with Crippen molar-refractivity contribution < 1.29 is 0 Å². The number of nitrogens with zero attached hydrogens (tertiary/aromatic N) is 6. The van der Waals surface area contributed by atoms with Gasteiger partial charge in [-0.15, -0.1) is 5.10 Å². The first-order valence-corrected chi connectivity index (χ1v) is 8.58. The maximum atomic E-state index is 4.31. The molecule has 1 aromatic carbocycles. The predicted molar refractivity (Wildman–Crippen MR) is 95.3 cm³/mol. The third-order valence-electron chi connectivity index (χ3n) is 4.51. The average Bonchev–Trinajstić information content (AvgIpc) is 3.31. The number of tetrazole rings is 1. The Balaban J connectivity index is 1.34. The number of pyridine rings is 1. The molecule has 1 fully saturated rings. The Bertz CT molecular complexity index is 787. The van der Waals surface area contributed by atoms with Crippen LogP contribution in [0.4, 0.5) is 5.82 Å². The van der Waals surface area contributed by atoms with Gasteiger partial charge in [0.1, 0.15) is 5.82 Å². The maximum Gasteiger partial charge on any atom is 0.170 e. The highest BCUT2D eigenvalue weighted by Gasteiger charge is 2.24. The second-order valence-corrected chi connectivity index (χ2v) is 6.33. The molecule has 1 N–H and O–H groups in total. The molecule has 0 unspecified atom stereocenters. The van der Waals surface area contributed by atoms with Gasteiger partial charge in [-0.3, -0.25) is 4.90 Å². The molecule has 128 valence electrons. The molecular formula is C18H21N7. The molecule has 7 heteroatoms. The van der Waals surface area contributed by atoms with Crippen molar-refractivity contribution in [2.24, 2.45) is 5.92 Å². The van der Waals surface area contributed by atoms with Crippen LogP contribution in [0.1, 0.15) is 12.2 Å². The van der Waals surface area contributed by atoms with Crippen LogP contribution in [0.5, 0.6) is 0 Å². The van der Waals surface area contributed by atoms with E-state index in [1.54, 1.807) is 0 Å². The first-order valence-electron chi connectivity index (χ1n) is 8.58. The van der Waals surface area contributed by atoms with E-state index >= 15 is 0 Å². The Morgan fingerprint density at radius 1 is 1.08 bits per heavy atom. The summed E-state index contributed by atoms with van der Waals surface area (Å²) < 4.78 is 1.82. The lowest BCUT2D eigenvalue weighted by molar-refractivity contribution is 0.307. The molecule has 0 saturated carbocycles. The van der Waals surface area contributed by atoms with E-state index in [0.29, 0.717) is 5.92 Å². The summed E-state index contributed by atoms with van der Waals surface area (Å²) in [6.45, 7) is 3.82. The molecule has 25 heavy (non-hydrogen) atoms. The highest BCUT2D eigenvalue weighted by atomic mass is 15.5. The second-order valence-electron chi connectivity index (χ2n) is 6.33. The Morgan fingerprint density at radius 3 is 2.80 bits per heavy atom. The zero-order valence-electron chi connectivity index (χ0n) is 14.0. The second kappa shape index (κ2) is 7.40. The van der Waals surface area contributed by atoms with Gasteiger partial charge in [0.2, 0.25) is 0 Å². The van der Waals surface area contributed by atoms with Crippen LogP contribution in [0.2, 0.25) is 0 Å². The summed E-state index contributed by atoms with van der Waals surface area (Å²) >= 11 is 0. The fourth-order valence-corrected chi connectivity index (χ4v) is 3.21. The summed E-state index contributed by atoms with van der Waals surface area (Å²) in [5, 5.41) is 15.6. The van der Waals surface area contributed by atoms with Gasteiger partial charge in [-0.1, -0.05) is 24.3 Å². The number of rotatable bonds is 6. The molecule has 2 aromatic heterocycles. The summed E-state index contributed by atoms with van der Waals surface area (Å²) in [7, 11) is 0. The lowest BCUT2D eigenvalue weighted by Gasteiger charge is -2.16. The van der Waals surface area contributed by atoms with Crippen molar-refractivity contribution in [3.63, 3.8) is 0 Å². The molecule has 7 nitrogen and oxygen atoms in total. The zero-order valence-corrected chi connectivity index (χ0v) is 14.0. The summed E-state index contributed by atoms with van der Waals surface area (Å²) in [6, 6.07) is 16.0. The number of nitrogens with one attached hydrogen (secondary N) is 1.